The summed E-state index contributed by atoms with van der Waals surface area (Å²) in [6.07, 6.45) is 1.36. The molecule has 0 heterocycles. The summed E-state index contributed by atoms with van der Waals surface area (Å²) in [5.74, 6) is -0.0858. The molecule has 0 radical (unpaired) electrons. The minimum absolute atomic E-state index is 0.139. The van der Waals surface area contributed by atoms with Crippen LogP contribution in [0, 0.1) is 6.92 Å². The Morgan fingerprint density at radius 2 is 1.79 bits per heavy atom. The minimum Gasteiger partial charge on any atom is -0.484 e. The van der Waals surface area contributed by atoms with Gasteiger partial charge in [-0.3, -0.25) is 4.79 Å². The van der Waals surface area contributed by atoms with Gasteiger partial charge in [-0.25, -0.2) is 4.83 Å². The average molecular weight is 347 g/mol. The molecule has 0 aliphatic rings. The van der Waals surface area contributed by atoms with Crippen LogP contribution in [-0.4, -0.2) is 27.1 Å². The summed E-state index contributed by atoms with van der Waals surface area (Å²) in [4.78, 5) is 12.9. The van der Waals surface area contributed by atoms with E-state index >= 15 is 0 Å². The Balaban J connectivity index is 1.98. The third kappa shape index (κ3) is 5.10. The standard InChI is InChI=1S/C16H17N3O4S/c1-12-2-8-15(9-3-12)24(21,22)19-18-10-13-4-6-14(7-5-13)23-11-16(17)20/h2-10,19H,11H2,1H3,(H2,17,20)/b18-10-. The first-order valence-corrected chi connectivity index (χ1v) is 8.48. The molecule has 0 aromatic heterocycles. The van der Waals surface area contributed by atoms with Gasteiger partial charge in [0.05, 0.1) is 11.1 Å². The number of nitrogens with one attached hydrogen (secondary N) is 1. The fourth-order valence-electron chi connectivity index (χ4n) is 1.74. The van der Waals surface area contributed by atoms with Crippen LogP contribution in [0.3, 0.4) is 0 Å². The molecule has 3 N–H and O–H groups in total. The second-order valence-corrected chi connectivity index (χ2v) is 6.65. The molecule has 0 aliphatic heterocycles. The van der Waals surface area contributed by atoms with Crippen LogP contribution in [-0.2, 0) is 14.8 Å². The van der Waals surface area contributed by atoms with Crippen LogP contribution in [0.15, 0.2) is 58.5 Å². The largest absolute Gasteiger partial charge is 0.484 e. The highest BCUT2D eigenvalue weighted by molar-refractivity contribution is 7.89. The number of hydrogen-bond donors (Lipinski definition) is 2. The van der Waals surface area contributed by atoms with Crippen molar-refractivity contribution in [2.24, 2.45) is 10.8 Å². The lowest BCUT2D eigenvalue weighted by atomic mass is 10.2. The van der Waals surface area contributed by atoms with Gasteiger partial charge < -0.3 is 10.5 Å². The summed E-state index contributed by atoms with van der Waals surface area (Å²) in [6.45, 7) is 1.67. The molecule has 0 bridgehead atoms. The average Bonchev–Trinajstić information content (AvgIpc) is 2.54. The Kier molecular flexibility index (Phi) is 5.54. The number of carbonyl (C=O) groups is 1. The van der Waals surface area contributed by atoms with E-state index < -0.39 is 15.9 Å². The van der Waals surface area contributed by atoms with Crippen LogP contribution in [0.1, 0.15) is 11.1 Å². The second kappa shape index (κ2) is 7.60. The first-order chi connectivity index (χ1) is 11.4. The van der Waals surface area contributed by atoms with Gasteiger partial charge >= 0.3 is 0 Å². The van der Waals surface area contributed by atoms with E-state index in [1.807, 2.05) is 6.92 Å². The SMILES string of the molecule is Cc1ccc(S(=O)(=O)N/N=C\c2ccc(OCC(N)=O)cc2)cc1. The number of nitrogens with zero attached hydrogens (tertiary/aromatic N) is 1. The molecule has 0 saturated carbocycles. The molecule has 1 amide bonds. The zero-order chi connectivity index (χ0) is 17.6. The molecule has 2 aromatic rings. The Bertz CT molecular complexity index is 829. The number of rotatable bonds is 7. The summed E-state index contributed by atoms with van der Waals surface area (Å²) in [6, 6.07) is 13.0. The van der Waals surface area contributed by atoms with Crippen LogP contribution in [0.2, 0.25) is 0 Å². The summed E-state index contributed by atoms with van der Waals surface area (Å²) in [5, 5.41) is 3.74. The van der Waals surface area contributed by atoms with Gasteiger partial charge in [0.1, 0.15) is 5.75 Å². The van der Waals surface area contributed by atoms with E-state index in [1.165, 1.54) is 18.3 Å². The molecule has 0 unspecified atom stereocenters. The number of hydrogen-bond acceptors (Lipinski definition) is 5. The highest BCUT2D eigenvalue weighted by Crippen LogP contribution is 2.11. The van der Waals surface area contributed by atoms with Crippen molar-refractivity contribution in [2.75, 3.05) is 6.61 Å². The van der Waals surface area contributed by atoms with Crippen LogP contribution >= 0.6 is 0 Å². The van der Waals surface area contributed by atoms with E-state index in [4.69, 9.17) is 10.5 Å². The maximum Gasteiger partial charge on any atom is 0.276 e. The molecular formula is C16H17N3O4S. The van der Waals surface area contributed by atoms with Crippen LogP contribution < -0.4 is 15.3 Å². The van der Waals surface area contributed by atoms with Gasteiger partial charge in [0.15, 0.2) is 6.61 Å². The predicted molar refractivity (Wildman–Crippen MR) is 90.2 cm³/mol. The number of primary amides is 1. The summed E-state index contributed by atoms with van der Waals surface area (Å²) in [5.41, 5.74) is 6.61. The number of carbonyl (C=O) groups excluding carboxylic acids is 1. The van der Waals surface area contributed by atoms with Gasteiger partial charge in [-0.15, -0.1) is 0 Å². The molecule has 24 heavy (non-hydrogen) atoms. The lowest BCUT2D eigenvalue weighted by Crippen LogP contribution is -2.20. The zero-order valence-electron chi connectivity index (χ0n) is 13.0. The number of sulfonamides is 1. The van der Waals surface area contributed by atoms with Crippen molar-refractivity contribution in [3.05, 3.63) is 59.7 Å². The maximum atomic E-state index is 12.0. The van der Waals surface area contributed by atoms with E-state index in [1.54, 1.807) is 36.4 Å². The molecule has 8 heteroatoms. The van der Waals surface area contributed by atoms with Crippen molar-refractivity contribution < 1.29 is 17.9 Å². The molecule has 0 fully saturated rings. The Morgan fingerprint density at radius 3 is 2.38 bits per heavy atom. The first-order valence-electron chi connectivity index (χ1n) is 6.99. The topological polar surface area (TPSA) is 111 Å². The molecule has 7 nitrogen and oxygen atoms in total. The molecule has 0 saturated heterocycles. The van der Waals surface area contributed by atoms with E-state index in [0.717, 1.165) is 5.56 Å². The van der Waals surface area contributed by atoms with Gasteiger partial charge in [-0.2, -0.15) is 13.5 Å². The van der Waals surface area contributed by atoms with Crippen molar-refractivity contribution in [3.8, 4) is 5.75 Å². The van der Waals surface area contributed by atoms with E-state index in [2.05, 4.69) is 9.93 Å². The van der Waals surface area contributed by atoms with Crippen LogP contribution in [0.4, 0.5) is 0 Å². The third-order valence-electron chi connectivity index (χ3n) is 2.98. The van der Waals surface area contributed by atoms with Gasteiger partial charge in [-0.1, -0.05) is 17.7 Å². The minimum atomic E-state index is -3.70. The lowest BCUT2D eigenvalue weighted by molar-refractivity contribution is -0.119. The molecule has 0 spiro atoms. The highest BCUT2D eigenvalue weighted by atomic mass is 32.2. The molecule has 0 atom stereocenters. The quantitative estimate of drug-likeness (QED) is 0.578. The zero-order valence-corrected chi connectivity index (χ0v) is 13.8. The number of nitrogens with two attached hydrogens (primary N) is 1. The van der Waals surface area contributed by atoms with Crippen LogP contribution in [0.5, 0.6) is 5.75 Å². The maximum absolute atomic E-state index is 12.0. The van der Waals surface area contributed by atoms with Crippen molar-refractivity contribution in [2.45, 2.75) is 11.8 Å². The molecule has 2 aromatic carbocycles. The number of amides is 1. The normalized spacial score (nSPS) is 11.4. The van der Waals surface area contributed by atoms with E-state index in [-0.39, 0.29) is 11.5 Å². The molecule has 2 rings (SSSR count). The van der Waals surface area contributed by atoms with Crippen molar-refractivity contribution in [1.82, 2.24) is 4.83 Å². The smallest absolute Gasteiger partial charge is 0.276 e. The number of benzene rings is 2. The van der Waals surface area contributed by atoms with Crippen molar-refractivity contribution in [3.63, 3.8) is 0 Å². The van der Waals surface area contributed by atoms with Crippen molar-refractivity contribution >= 4 is 22.1 Å². The fourth-order valence-corrected chi connectivity index (χ4v) is 2.54. The summed E-state index contributed by atoms with van der Waals surface area (Å²) >= 11 is 0. The Labute approximate surface area is 140 Å². The monoisotopic (exact) mass is 347 g/mol. The van der Waals surface area contributed by atoms with Crippen molar-refractivity contribution in [1.29, 1.82) is 0 Å². The number of aryl methyl sites for hydroxylation is 1. The predicted octanol–water partition coefficient (Wildman–Crippen LogP) is 1.17. The van der Waals surface area contributed by atoms with Gasteiger partial charge in [0, 0.05) is 0 Å². The number of hydrazone groups is 1. The molecular weight excluding hydrogens is 330 g/mol. The summed E-state index contributed by atoms with van der Waals surface area (Å²) < 4.78 is 29.2. The number of ether oxygens (including phenoxy) is 1. The van der Waals surface area contributed by atoms with Gasteiger partial charge in [-0.05, 0) is 48.9 Å². The fraction of sp³-hybridized carbons (Fsp3) is 0.125. The Morgan fingerprint density at radius 1 is 1.17 bits per heavy atom. The third-order valence-corrected chi connectivity index (χ3v) is 4.22. The molecule has 0 aliphatic carbocycles. The lowest BCUT2D eigenvalue weighted by Gasteiger charge is -2.04. The summed E-state index contributed by atoms with van der Waals surface area (Å²) in [7, 11) is -3.70. The van der Waals surface area contributed by atoms with Crippen LogP contribution in [0.25, 0.3) is 0 Å². The van der Waals surface area contributed by atoms with Gasteiger partial charge in [0.25, 0.3) is 15.9 Å². The van der Waals surface area contributed by atoms with E-state index in [0.29, 0.717) is 11.3 Å². The highest BCUT2D eigenvalue weighted by Gasteiger charge is 2.11. The Hall–Kier alpha value is -2.87. The van der Waals surface area contributed by atoms with E-state index in [9.17, 15) is 13.2 Å². The van der Waals surface area contributed by atoms with Gasteiger partial charge in [0.2, 0.25) is 0 Å². The second-order valence-electron chi connectivity index (χ2n) is 4.99. The molecule has 126 valence electrons. The first kappa shape index (κ1) is 17.5.